The zero-order chi connectivity index (χ0) is 15.4. The fourth-order valence-corrected chi connectivity index (χ4v) is 2.24. The van der Waals surface area contributed by atoms with Crippen LogP contribution in [0.25, 0.3) is 0 Å². The first kappa shape index (κ1) is 14.8. The maximum atomic E-state index is 12.4. The summed E-state index contributed by atoms with van der Waals surface area (Å²) in [5, 5.41) is 8.94. The zero-order valence-electron chi connectivity index (χ0n) is 12.6. The summed E-state index contributed by atoms with van der Waals surface area (Å²) in [4.78, 5) is 14.3. The molecule has 3 heteroatoms. The molecule has 21 heavy (non-hydrogen) atoms. The average Bonchev–Trinajstić information content (AvgIpc) is 2.49. The first-order valence-electron chi connectivity index (χ1n) is 6.83. The van der Waals surface area contributed by atoms with Gasteiger partial charge in [0.1, 0.15) is 0 Å². The molecule has 0 amide bonds. The van der Waals surface area contributed by atoms with Gasteiger partial charge in [-0.05, 0) is 43.7 Å². The molecule has 0 radical (unpaired) electrons. The number of carbonyl (C=O) groups excluding carboxylic acids is 1. The smallest absolute Gasteiger partial charge is 0.182 e. The van der Waals surface area contributed by atoms with Gasteiger partial charge in [0, 0.05) is 18.3 Å². The van der Waals surface area contributed by atoms with Crippen molar-refractivity contribution in [3.8, 4) is 6.07 Å². The topological polar surface area (TPSA) is 44.1 Å². The van der Waals surface area contributed by atoms with E-state index < -0.39 is 0 Å². The molecule has 0 heterocycles. The SMILES string of the molecule is Cc1ccc(C)c(C(=O)CN(C)c2cccc(C#N)c2)c1. The molecule has 0 fully saturated rings. The third kappa shape index (κ3) is 3.49. The normalized spacial score (nSPS) is 10.0. The van der Waals surface area contributed by atoms with Crippen LogP contribution in [-0.4, -0.2) is 19.4 Å². The number of nitriles is 1. The molecule has 0 saturated heterocycles. The van der Waals surface area contributed by atoms with Crippen molar-refractivity contribution in [2.24, 2.45) is 0 Å². The van der Waals surface area contributed by atoms with Crippen molar-refractivity contribution in [3.63, 3.8) is 0 Å². The summed E-state index contributed by atoms with van der Waals surface area (Å²) in [6.07, 6.45) is 0. The highest BCUT2D eigenvalue weighted by atomic mass is 16.1. The van der Waals surface area contributed by atoms with E-state index in [1.165, 1.54) is 0 Å². The lowest BCUT2D eigenvalue weighted by Crippen LogP contribution is -2.26. The Morgan fingerprint density at radius 2 is 1.95 bits per heavy atom. The third-order valence-electron chi connectivity index (χ3n) is 3.49. The summed E-state index contributed by atoms with van der Waals surface area (Å²) in [6.45, 7) is 4.22. The predicted molar refractivity (Wildman–Crippen MR) is 84.7 cm³/mol. The van der Waals surface area contributed by atoms with Crippen LogP contribution in [0.15, 0.2) is 42.5 Å². The highest BCUT2D eigenvalue weighted by Crippen LogP contribution is 2.17. The average molecular weight is 278 g/mol. The molecule has 0 saturated carbocycles. The maximum absolute atomic E-state index is 12.4. The van der Waals surface area contributed by atoms with Gasteiger partial charge in [-0.1, -0.05) is 23.8 Å². The fourth-order valence-electron chi connectivity index (χ4n) is 2.24. The summed E-state index contributed by atoms with van der Waals surface area (Å²) in [7, 11) is 1.86. The summed E-state index contributed by atoms with van der Waals surface area (Å²) >= 11 is 0. The van der Waals surface area contributed by atoms with E-state index in [9.17, 15) is 4.79 Å². The van der Waals surface area contributed by atoms with E-state index in [1.807, 2.05) is 56.1 Å². The van der Waals surface area contributed by atoms with Crippen molar-refractivity contribution in [1.29, 1.82) is 5.26 Å². The molecule has 2 aromatic carbocycles. The van der Waals surface area contributed by atoms with Crippen LogP contribution >= 0.6 is 0 Å². The van der Waals surface area contributed by atoms with Gasteiger partial charge in [-0.3, -0.25) is 4.79 Å². The van der Waals surface area contributed by atoms with Crippen LogP contribution in [0.5, 0.6) is 0 Å². The Morgan fingerprint density at radius 1 is 1.19 bits per heavy atom. The lowest BCUT2D eigenvalue weighted by atomic mass is 10.0. The first-order valence-corrected chi connectivity index (χ1v) is 6.83. The Hall–Kier alpha value is -2.60. The van der Waals surface area contributed by atoms with Crippen LogP contribution in [0.1, 0.15) is 27.0 Å². The second kappa shape index (κ2) is 6.23. The molecule has 0 spiro atoms. The number of Topliss-reactive ketones (excluding diaryl/α,β-unsaturated/α-hetero) is 1. The van der Waals surface area contributed by atoms with Gasteiger partial charge in [-0.2, -0.15) is 5.26 Å². The Morgan fingerprint density at radius 3 is 2.67 bits per heavy atom. The molecule has 2 aromatic rings. The summed E-state index contributed by atoms with van der Waals surface area (Å²) < 4.78 is 0. The summed E-state index contributed by atoms with van der Waals surface area (Å²) in [6, 6.07) is 15.3. The number of aryl methyl sites for hydroxylation is 2. The number of hydrogen-bond acceptors (Lipinski definition) is 3. The molecule has 0 N–H and O–H groups in total. The van der Waals surface area contributed by atoms with Crippen LogP contribution in [0.2, 0.25) is 0 Å². The monoisotopic (exact) mass is 278 g/mol. The van der Waals surface area contributed by atoms with Crippen molar-refractivity contribution in [2.75, 3.05) is 18.5 Å². The maximum Gasteiger partial charge on any atom is 0.182 e. The number of likely N-dealkylation sites (N-methyl/N-ethyl adjacent to an activating group) is 1. The largest absolute Gasteiger partial charge is 0.367 e. The molecule has 106 valence electrons. The van der Waals surface area contributed by atoms with E-state index in [0.29, 0.717) is 12.1 Å². The van der Waals surface area contributed by atoms with Gasteiger partial charge < -0.3 is 4.90 Å². The van der Waals surface area contributed by atoms with Gasteiger partial charge in [0.05, 0.1) is 18.2 Å². The van der Waals surface area contributed by atoms with Crippen molar-refractivity contribution in [3.05, 3.63) is 64.7 Å². The van der Waals surface area contributed by atoms with E-state index in [0.717, 1.165) is 22.4 Å². The fraction of sp³-hybridized carbons (Fsp3) is 0.222. The van der Waals surface area contributed by atoms with Crippen molar-refractivity contribution < 1.29 is 4.79 Å². The zero-order valence-corrected chi connectivity index (χ0v) is 12.6. The molecular formula is C18H18N2O. The van der Waals surface area contributed by atoms with Gasteiger partial charge in [0.2, 0.25) is 0 Å². The van der Waals surface area contributed by atoms with Gasteiger partial charge in [-0.25, -0.2) is 0 Å². The number of hydrogen-bond donors (Lipinski definition) is 0. The van der Waals surface area contributed by atoms with Gasteiger partial charge >= 0.3 is 0 Å². The Labute approximate surface area is 125 Å². The standard InChI is InChI=1S/C18H18N2O/c1-13-7-8-14(2)17(9-13)18(21)12-20(3)16-6-4-5-15(10-16)11-19/h4-10H,12H2,1-3H3. The van der Waals surface area contributed by atoms with Crippen LogP contribution in [0, 0.1) is 25.2 Å². The molecule has 2 rings (SSSR count). The first-order chi connectivity index (χ1) is 10.0. The quantitative estimate of drug-likeness (QED) is 0.804. The van der Waals surface area contributed by atoms with Crippen molar-refractivity contribution in [2.45, 2.75) is 13.8 Å². The van der Waals surface area contributed by atoms with E-state index in [-0.39, 0.29) is 5.78 Å². The van der Waals surface area contributed by atoms with Crippen molar-refractivity contribution in [1.82, 2.24) is 0 Å². The number of carbonyl (C=O) groups is 1. The second-order valence-corrected chi connectivity index (χ2v) is 5.26. The molecule has 0 atom stereocenters. The summed E-state index contributed by atoms with van der Waals surface area (Å²) in [5.41, 5.74) is 4.30. The Balaban J connectivity index is 2.19. The van der Waals surface area contributed by atoms with E-state index >= 15 is 0 Å². The third-order valence-corrected chi connectivity index (χ3v) is 3.49. The Kier molecular flexibility index (Phi) is 4.39. The van der Waals surface area contributed by atoms with Crippen LogP contribution in [-0.2, 0) is 0 Å². The van der Waals surface area contributed by atoms with Crippen LogP contribution in [0.4, 0.5) is 5.69 Å². The lowest BCUT2D eigenvalue weighted by molar-refractivity contribution is 0.0999. The number of benzene rings is 2. The minimum Gasteiger partial charge on any atom is -0.367 e. The van der Waals surface area contributed by atoms with Gasteiger partial charge in [0.25, 0.3) is 0 Å². The molecule has 0 aliphatic carbocycles. The van der Waals surface area contributed by atoms with Crippen LogP contribution in [0.3, 0.4) is 0 Å². The minimum absolute atomic E-state index is 0.0843. The minimum atomic E-state index is 0.0843. The highest BCUT2D eigenvalue weighted by molar-refractivity contribution is 6.00. The summed E-state index contributed by atoms with van der Waals surface area (Å²) in [5.74, 6) is 0.0843. The molecular weight excluding hydrogens is 260 g/mol. The number of rotatable bonds is 4. The van der Waals surface area contributed by atoms with E-state index in [2.05, 4.69) is 6.07 Å². The number of nitrogens with zero attached hydrogens (tertiary/aromatic N) is 2. The number of ketones is 1. The molecule has 0 aliphatic heterocycles. The Bertz CT molecular complexity index is 713. The number of anilines is 1. The molecule has 0 aliphatic rings. The van der Waals surface area contributed by atoms with Gasteiger partial charge in [0.15, 0.2) is 5.78 Å². The van der Waals surface area contributed by atoms with Crippen LogP contribution < -0.4 is 4.90 Å². The molecule has 0 bridgehead atoms. The van der Waals surface area contributed by atoms with E-state index in [4.69, 9.17) is 5.26 Å². The highest BCUT2D eigenvalue weighted by Gasteiger charge is 2.12. The molecule has 0 unspecified atom stereocenters. The van der Waals surface area contributed by atoms with E-state index in [1.54, 1.807) is 12.1 Å². The second-order valence-electron chi connectivity index (χ2n) is 5.26. The molecule has 0 aromatic heterocycles. The lowest BCUT2D eigenvalue weighted by Gasteiger charge is -2.19. The van der Waals surface area contributed by atoms with Crippen molar-refractivity contribution >= 4 is 11.5 Å². The molecule has 3 nitrogen and oxygen atoms in total. The predicted octanol–water partition coefficient (Wildman–Crippen LogP) is 3.49. The van der Waals surface area contributed by atoms with Gasteiger partial charge in [-0.15, -0.1) is 0 Å².